The smallest absolute Gasteiger partial charge is 0.253 e. The van der Waals surface area contributed by atoms with E-state index in [1.165, 1.54) is 0 Å². The Morgan fingerprint density at radius 1 is 1.40 bits per heavy atom. The first-order chi connectivity index (χ1) is 12.1. The molecule has 0 spiro atoms. The first kappa shape index (κ1) is 20.1. The first-order valence-electron chi connectivity index (χ1n) is 8.64. The summed E-state index contributed by atoms with van der Waals surface area (Å²) in [6, 6.07) is 6.31. The number of hydrogen-bond donors (Lipinski definition) is 3. The monoisotopic (exact) mass is 383 g/mol. The molecule has 2 atom stereocenters. The average molecular weight is 384 g/mol. The number of halogens is 1. The molecule has 0 bridgehead atoms. The summed E-state index contributed by atoms with van der Waals surface area (Å²) in [6.45, 7) is 2.62. The van der Waals surface area contributed by atoms with E-state index < -0.39 is 6.04 Å². The molecule has 0 radical (unpaired) electrons. The highest BCUT2D eigenvalue weighted by molar-refractivity contribution is 7.98. The van der Waals surface area contributed by atoms with Crippen LogP contribution in [-0.4, -0.2) is 49.5 Å². The maximum absolute atomic E-state index is 12.6. The minimum Gasteiger partial charge on any atom is -0.354 e. The molecule has 1 aliphatic rings. The topological polar surface area (TPSA) is 70.2 Å². The third-order valence-electron chi connectivity index (χ3n) is 4.31. The molecular weight excluding hydrogens is 358 g/mol. The highest BCUT2D eigenvalue weighted by Crippen LogP contribution is 2.15. The van der Waals surface area contributed by atoms with Gasteiger partial charge in [0.1, 0.15) is 6.04 Å². The highest BCUT2D eigenvalue weighted by atomic mass is 35.5. The van der Waals surface area contributed by atoms with E-state index in [0.717, 1.165) is 31.7 Å². The number of piperidine rings is 1. The van der Waals surface area contributed by atoms with Gasteiger partial charge in [-0.2, -0.15) is 11.8 Å². The number of nitrogens with one attached hydrogen (secondary N) is 3. The molecule has 1 aromatic rings. The van der Waals surface area contributed by atoms with Gasteiger partial charge in [0, 0.05) is 6.54 Å². The Kier molecular flexibility index (Phi) is 8.58. The number of rotatable bonds is 8. The molecule has 3 N–H and O–H groups in total. The van der Waals surface area contributed by atoms with Gasteiger partial charge in [-0.25, -0.2) is 0 Å². The Balaban J connectivity index is 1.93. The molecule has 1 fully saturated rings. The molecule has 138 valence electrons. The molecule has 5 nitrogen and oxygen atoms in total. The van der Waals surface area contributed by atoms with E-state index in [4.69, 9.17) is 11.6 Å². The van der Waals surface area contributed by atoms with Crippen molar-refractivity contribution in [2.75, 3.05) is 31.6 Å². The van der Waals surface area contributed by atoms with Gasteiger partial charge in [0.15, 0.2) is 0 Å². The van der Waals surface area contributed by atoms with Crippen molar-refractivity contribution in [3.8, 4) is 0 Å². The van der Waals surface area contributed by atoms with Gasteiger partial charge in [0.2, 0.25) is 5.91 Å². The minimum absolute atomic E-state index is 0.125. The molecule has 2 unspecified atom stereocenters. The molecular formula is C18H26ClN3O2S. The second-order valence-electron chi connectivity index (χ2n) is 6.24. The van der Waals surface area contributed by atoms with Crippen LogP contribution in [0.5, 0.6) is 0 Å². The Morgan fingerprint density at radius 3 is 2.88 bits per heavy atom. The first-order valence-corrected chi connectivity index (χ1v) is 10.4. The summed E-state index contributed by atoms with van der Waals surface area (Å²) in [5.41, 5.74) is 0.391. The molecule has 0 aromatic heterocycles. The third kappa shape index (κ3) is 6.53. The lowest BCUT2D eigenvalue weighted by Gasteiger charge is -2.24. The van der Waals surface area contributed by atoms with Gasteiger partial charge in [-0.1, -0.05) is 23.7 Å². The van der Waals surface area contributed by atoms with Gasteiger partial charge in [0.05, 0.1) is 10.6 Å². The Morgan fingerprint density at radius 2 is 2.20 bits per heavy atom. The zero-order valence-corrected chi connectivity index (χ0v) is 16.1. The van der Waals surface area contributed by atoms with Crippen LogP contribution in [0.15, 0.2) is 24.3 Å². The zero-order chi connectivity index (χ0) is 18.1. The maximum Gasteiger partial charge on any atom is 0.253 e. The number of carbonyl (C=O) groups is 2. The molecule has 1 aromatic carbocycles. The summed E-state index contributed by atoms with van der Waals surface area (Å²) < 4.78 is 0. The van der Waals surface area contributed by atoms with Crippen LogP contribution in [0.3, 0.4) is 0 Å². The van der Waals surface area contributed by atoms with Crippen molar-refractivity contribution in [1.29, 1.82) is 0 Å². The predicted molar refractivity (Wildman–Crippen MR) is 104 cm³/mol. The summed E-state index contributed by atoms with van der Waals surface area (Å²) in [5.74, 6) is 0.815. The van der Waals surface area contributed by atoms with Crippen molar-refractivity contribution in [2.24, 2.45) is 5.92 Å². The maximum atomic E-state index is 12.6. The molecule has 1 saturated heterocycles. The fraction of sp³-hybridized carbons (Fsp3) is 0.556. The molecule has 1 aliphatic heterocycles. The van der Waals surface area contributed by atoms with Crippen LogP contribution in [0.2, 0.25) is 5.02 Å². The molecule has 25 heavy (non-hydrogen) atoms. The lowest BCUT2D eigenvalue weighted by molar-refractivity contribution is -0.123. The van der Waals surface area contributed by atoms with Gasteiger partial charge < -0.3 is 16.0 Å². The van der Waals surface area contributed by atoms with Crippen molar-refractivity contribution in [1.82, 2.24) is 16.0 Å². The molecule has 0 aliphatic carbocycles. The van der Waals surface area contributed by atoms with Crippen LogP contribution in [0, 0.1) is 5.92 Å². The van der Waals surface area contributed by atoms with E-state index in [0.29, 0.717) is 29.5 Å². The third-order valence-corrected chi connectivity index (χ3v) is 5.29. The molecule has 2 amide bonds. The Labute approximate surface area is 158 Å². The Bertz CT molecular complexity index is 579. The van der Waals surface area contributed by atoms with Crippen molar-refractivity contribution in [3.63, 3.8) is 0 Å². The number of benzene rings is 1. The number of hydrogen-bond acceptors (Lipinski definition) is 4. The van der Waals surface area contributed by atoms with E-state index in [1.54, 1.807) is 36.0 Å². The van der Waals surface area contributed by atoms with Crippen LogP contribution in [-0.2, 0) is 4.79 Å². The van der Waals surface area contributed by atoms with Crippen LogP contribution in [0.25, 0.3) is 0 Å². The average Bonchev–Trinajstić information content (AvgIpc) is 2.64. The van der Waals surface area contributed by atoms with Crippen LogP contribution in [0.1, 0.15) is 29.6 Å². The van der Waals surface area contributed by atoms with Crippen molar-refractivity contribution < 1.29 is 9.59 Å². The normalized spacial score (nSPS) is 18.4. The standard InChI is InChI=1S/C18H26ClN3O2S/c1-25-10-8-16(18(24)21-12-13-5-4-9-20-11-13)22-17(23)14-6-2-3-7-15(14)19/h2-3,6-7,13,16,20H,4-5,8-12H2,1H3,(H,21,24)(H,22,23). The minimum atomic E-state index is -0.548. The lowest BCUT2D eigenvalue weighted by atomic mass is 9.99. The van der Waals surface area contributed by atoms with Crippen molar-refractivity contribution >= 4 is 35.2 Å². The van der Waals surface area contributed by atoms with E-state index in [9.17, 15) is 9.59 Å². The number of thioether (sulfide) groups is 1. The number of carbonyl (C=O) groups excluding carboxylic acids is 2. The molecule has 1 heterocycles. The van der Waals surface area contributed by atoms with Gasteiger partial charge in [-0.05, 0) is 62.4 Å². The van der Waals surface area contributed by atoms with Gasteiger partial charge >= 0.3 is 0 Å². The fourth-order valence-electron chi connectivity index (χ4n) is 2.85. The van der Waals surface area contributed by atoms with Gasteiger partial charge in [-0.3, -0.25) is 9.59 Å². The van der Waals surface area contributed by atoms with Crippen molar-refractivity contribution in [2.45, 2.75) is 25.3 Å². The van der Waals surface area contributed by atoms with Crippen LogP contribution < -0.4 is 16.0 Å². The van der Waals surface area contributed by atoms with Crippen LogP contribution >= 0.6 is 23.4 Å². The summed E-state index contributed by atoms with van der Waals surface area (Å²) in [5, 5.41) is 9.56. The van der Waals surface area contributed by atoms with Gasteiger partial charge in [-0.15, -0.1) is 0 Å². The van der Waals surface area contributed by atoms with E-state index >= 15 is 0 Å². The molecule has 2 rings (SSSR count). The lowest BCUT2D eigenvalue weighted by Crippen LogP contribution is -2.49. The SMILES string of the molecule is CSCCC(NC(=O)c1ccccc1Cl)C(=O)NCC1CCCNC1. The molecule has 0 saturated carbocycles. The Hall–Kier alpha value is -1.24. The zero-order valence-electron chi connectivity index (χ0n) is 14.5. The predicted octanol–water partition coefficient (Wildman–Crippen LogP) is 2.31. The summed E-state index contributed by atoms with van der Waals surface area (Å²) in [4.78, 5) is 25.0. The van der Waals surface area contributed by atoms with Gasteiger partial charge in [0.25, 0.3) is 5.91 Å². The van der Waals surface area contributed by atoms with E-state index in [1.807, 2.05) is 6.26 Å². The van der Waals surface area contributed by atoms with Crippen molar-refractivity contribution in [3.05, 3.63) is 34.9 Å². The second-order valence-corrected chi connectivity index (χ2v) is 7.64. The van der Waals surface area contributed by atoms with E-state index in [-0.39, 0.29) is 11.8 Å². The van der Waals surface area contributed by atoms with Crippen LogP contribution in [0.4, 0.5) is 0 Å². The van der Waals surface area contributed by atoms with E-state index in [2.05, 4.69) is 16.0 Å². The second kappa shape index (κ2) is 10.7. The fourth-order valence-corrected chi connectivity index (χ4v) is 3.55. The number of amides is 2. The highest BCUT2D eigenvalue weighted by Gasteiger charge is 2.23. The largest absolute Gasteiger partial charge is 0.354 e. The quantitative estimate of drug-likeness (QED) is 0.644. The summed E-state index contributed by atoms with van der Waals surface area (Å²) >= 11 is 7.73. The summed E-state index contributed by atoms with van der Waals surface area (Å²) in [6.07, 6.45) is 4.83. The molecule has 7 heteroatoms. The summed E-state index contributed by atoms with van der Waals surface area (Å²) in [7, 11) is 0.